The summed E-state index contributed by atoms with van der Waals surface area (Å²) in [5.41, 5.74) is 6.64. The van der Waals surface area contributed by atoms with Crippen LogP contribution in [0.25, 0.3) is 0 Å². The number of pyridine rings is 1. The average molecular weight is 250 g/mol. The summed E-state index contributed by atoms with van der Waals surface area (Å²) in [7, 11) is 0. The van der Waals surface area contributed by atoms with Crippen LogP contribution in [0.15, 0.2) is 18.3 Å². The van der Waals surface area contributed by atoms with E-state index >= 15 is 0 Å². The van der Waals surface area contributed by atoms with Crippen LogP contribution in [0.1, 0.15) is 5.69 Å². The van der Waals surface area contributed by atoms with E-state index in [1.54, 1.807) is 23.2 Å². The first-order valence-corrected chi connectivity index (χ1v) is 5.30. The minimum absolute atomic E-state index is 0.131. The van der Waals surface area contributed by atoms with Crippen molar-refractivity contribution in [1.29, 1.82) is 0 Å². The average Bonchev–Trinajstić information content (AvgIpc) is 2.28. The van der Waals surface area contributed by atoms with E-state index < -0.39 is 0 Å². The Kier molecular flexibility index (Phi) is 3.01. The van der Waals surface area contributed by atoms with Crippen LogP contribution in [-0.4, -0.2) is 34.9 Å². The predicted octanol–water partition coefficient (Wildman–Crippen LogP) is -0.821. The summed E-state index contributed by atoms with van der Waals surface area (Å²) >= 11 is 4.82. The van der Waals surface area contributed by atoms with Gasteiger partial charge in [0.05, 0.1) is 18.8 Å². The minimum Gasteiger partial charge on any atom is -0.388 e. The zero-order valence-electron chi connectivity index (χ0n) is 8.84. The zero-order chi connectivity index (χ0) is 12.4. The summed E-state index contributed by atoms with van der Waals surface area (Å²) in [4.78, 5) is 28.3. The van der Waals surface area contributed by atoms with Gasteiger partial charge in [-0.05, 0) is 12.1 Å². The third-order valence-corrected chi connectivity index (χ3v) is 2.52. The molecule has 6 nitrogen and oxygen atoms in total. The third kappa shape index (κ3) is 2.56. The van der Waals surface area contributed by atoms with Gasteiger partial charge in [-0.25, -0.2) is 0 Å². The molecule has 2 amide bonds. The van der Waals surface area contributed by atoms with Crippen molar-refractivity contribution in [1.82, 2.24) is 10.3 Å². The predicted molar refractivity (Wildman–Crippen MR) is 65.5 cm³/mol. The van der Waals surface area contributed by atoms with Crippen molar-refractivity contribution < 1.29 is 9.59 Å². The Morgan fingerprint density at radius 3 is 2.65 bits per heavy atom. The molecule has 0 unspecified atom stereocenters. The van der Waals surface area contributed by atoms with Crippen LogP contribution in [0.3, 0.4) is 0 Å². The van der Waals surface area contributed by atoms with Gasteiger partial charge in [0.25, 0.3) is 0 Å². The number of nitrogens with two attached hydrogens (primary N) is 1. The molecule has 0 atom stereocenters. The van der Waals surface area contributed by atoms with Crippen LogP contribution in [0.2, 0.25) is 0 Å². The fourth-order valence-corrected chi connectivity index (χ4v) is 1.68. The number of hydrogen-bond donors (Lipinski definition) is 2. The fourth-order valence-electron chi connectivity index (χ4n) is 1.57. The molecule has 0 spiro atoms. The molecular formula is C10H10N4O2S. The number of thiocarbonyl (C=S) groups is 1. The lowest BCUT2D eigenvalue weighted by Crippen LogP contribution is -2.51. The number of imide groups is 1. The molecule has 1 aliphatic rings. The number of carbonyl (C=O) groups excluding carboxylic acids is 2. The molecule has 88 valence electrons. The highest BCUT2D eigenvalue weighted by Crippen LogP contribution is 2.15. The molecule has 7 heteroatoms. The van der Waals surface area contributed by atoms with E-state index in [9.17, 15) is 9.59 Å². The second kappa shape index (κ2) is 4.46. The maximum atomic E-state index is 11.2. The molecule has 17 heavy (non-hydrogen) atoms. The topological polar surface area (TPSA) is 88.3 Å². The van der Waals surface area contributed by atoms with E-state index in [1.807, 2.05) is 0 Å². The summed E-state index contributed by atoms with van der Waals surface area (Å²) in [5.74, 6) is -0.648. The standard InChI is InChI=1S/C10H10N4O2S/c11-10(17)7-3-6(1-2-12-7)14-4-8(15)13-9(16)5-14/h1-3H,4-5H2,(H2,11,17)(H,13,15,16). The van der Waals surface area contributed by atoms with Gasteiger partial charge in [-0.1, -0.05) is 12.2 Å². The molecule has 0 bridgehead atoms. The number of hydrogen-bond acceptors (Lipinski definition) is 5. The first-order chi connectivity index (χ1) is 8.06. The first-order valence-electron chi connectivity index (χ1n) is 4.90. The van der Waals surface area contributed by atoms with Crippen molar-refractivity contribution in [2.24, 2.45) is 5.73 Å². The van der Waals surface area contributed by atoms with Crippen LogP contribution >= 0.6 is 12.2 Å². The molecular weight excluding hydrogens is 240 g/mol. The van der Waals surface area contributed by atoms with Gasteiger partial charge >= 0.3 is 0 Å². The van der Waals surface area contributed by atoms with Crippen molar-refractivity contribution in [2.45, 2.75) is 0 Å². The number of anilines is 1. The maximum absolute atomic E-state index is 11.2. The highest BCUT2D eigenvalue weighted by molar-refractivity contribution is 7.80. The number of carbonyl (C=O) groups is 2. The van der Waals surface area contributed by atoms with E-state index in [0.29, 0.717) is 11.4 Å². The Balaban J connectivity index is 2.27. The Hall–Kier alpha value is -2.02. The Morgan fingerprint density at radius 2 is 2.06 bits per heavy atom. The van der Waals surface area contributed by atoms with Gasteiger partial charge in [0.1, 0.15) is 4.99 Å². The molecule has 2 heterocycles. The lowest BCUT2D eigenvalue weighted by molar-refractivity contribution is -0.130. The fraction of sp³-hybridized carbons (Fsp3) is 0.200. The lowest BCUT2D eigenvalue weighted by Gasteiger charge is -2.27. The molecule has 2 rings (SSSR count). The summed E-state index contributed by atoms with van der Waals surface area (Å²) in [6, 6.07) is 3.36. The third-order valence-electron chi connectivity index (χ3n) is 2.31. The largest absolute Gasteiger partial charge is 0.388 e. The Labute approximate surface area is 103 Å². The van der Waals surface area contributed by atoms with Crippen LogP contribution < -0.4 is 16.0 Å². The molecule has 0 aromatic carbocycles. The van der Waals surface area contributed by atoms with Crippen molar-refractivity contribution in [3.8, 4) is 0 Å². The van der Waals surface area contributed by atoms with Crippen LogP contribution in [0, 0.1) is 0 Å². The molecule has 0 aliphatic carbocycles. The highest BCUT2D eigenvalue weighted by Gasteiger charge is 2.22. The van der Waals surface area contributed by atoms with E-state index in [1.165, 1.54) is 0 Å². The normalized spacial score (nSPS) is 15.6. The Bertz CT molecular complexity index is 487. The Morgan fingerprint density at radius 1 is 1.41 bits per heavy atom. The summed E-state index contributed by atoms with van der Waals surface area (Å²) in [5, 5.41) is 2.23. The summed E-state index contributed by atoms with van der Waals surface area (Å²) < 4.78 is 0. The second-order valence-corrected chi connectivity index (χ2v) is 4.03. The number of piperazine rings is 1. The molecule has 0 radical (unpaired) electrons. The van der Waals surface area contributed by atoms with Crippen molar-refractivity contribution in [3.63, 3.8) is 0 Å². The van der Waals surface area contributed by atoms with Crippen molar-refractivity contribution >= 4 is 34.7 Å². The van der Waals surface area contributed by atoms with Gasteiger partial charge in [-0.3, -0.25) is 19.9 Å². The van der Waals surface area contributed by atoms with Gasteiger partial charge in [-0.2, -0.15) is 0 Å². The summed E-state index contributed by atoms with van der Waals surface area (Å²) in [6.07, 6.45) is 1.54. The quantitative estimate of drug-likeness (QED) is 0.526. The van der Waals surface area contributed by atoms with Crippen molar-refractivity contribution in [3.05, 3.63) is 24.0 Å². The van der Waals surface area contributed by atoms with Gasteiger partial charge in [0, 0.05) is 11.9 Å². The van der Waals surface area contributed by atoms with E-state index in [-0.39, 0.29) is 29.9 Å². The monoisotopic (exact) mass is 250 g/mol. The number of amides is 2. The van der Waals surface area contributed by atoms with Crippen LogP contribution in [-0.2, 0) is 9.59 Å². The molecule has 1 aliphatic heterocycles. The molecule has 0 saturated carbocycles. The molecule has 1 aromatic heterocycles. The van der Waals surface area contributed by atoms with E-state index in [4.69, 9.17) is 18.0 Å². The zero-order valence-corrected chi connectivity index (χ0v) is 9.66. The van der Waals surface area contributed by atoms with Gasteiger partial charge in [0.15, 0.2) is 0 Å². The van der Waals surface area contributed by atoms with E-state index in [2.05, 4.69) is 10.3 Å². The highest BCUT2D eigenvalue weighted by atomic mass is 32.1. The van der Waals surface area contributed by atoms with Crippen LogP contribution in [0.5, 0.6) is 0 Å². The molecule has 1 saturated heterocycles. The number of rotatable bonds is 2. The molecule has 1 fully saturated rings. The van der Waals surface area contributed by atoms with Gasteiger partial charge < -0.3 is 10.6 Å². The van der Waals surface area contributed by atoms with E-state index in [0.717, 1.165) is 0 Å². The molecule has 1 aromatic rings. The first kappa shape index (κ1) is 11.5. The maximum Gasteiger partial charge on any atom is 0.246 e. The number of nitrogens with one attached hydrogen (secondary N) is 1. The smallest absolute Gasteiger partial charge is 0.246 e. The van der Waals surface area contributed by atoms with Crippen molar-refractivity contribution in [2.75, 3.05) is 18.0 Å². The second-order valence-electron chi connectivity index (χ2n) is 3.59. The molecule has 3 N–H and O–H groups in total. The number of nitrogens with zero attached hydrogens (tertiary/aromatic N) is 2. The minimum atomic E-state index is -0.324. The SMILES string of the molecule is NC(=S)c1cc(N2CC(=O)NC(=O)C2)ccn1. The lowest BCUT2D eigenvalue weighted by atomic mass is 10.2. The summed E-state index contributed by atoms with van der Waals surface area (Å²) in [6.45, 7) is 0.263. The van der Waals surface area contributed by atoms with Crippen LogP contribution in [0.4, 0.5) is 5.69 Å². The van der Waals surface area contributed by atoms with Gasteiger partial charge in [0.2, 0.25) is 11.8 Å². The van der Waals surface area contributed by atoms with Gasteiger partial charge in [-0.15, -0.1) is 0 Å². The number of aromatic nitrogens is 1.